The Morgan fingerprint density at radius 2 is 2.17 bits per heavy atom. The SMILES string of the molecule is CNCC1CCN(S(=O)(=O)c2ccc(OC)c([N+](=O)[O-])c2)C1.Cl. The molecular weight excluding hydrogens is 346 g/mol. The van der Waals surface area contributed by atoms with E-state index in [1.807, 2.05) is 7.05 Å². The highest BCUT2D eigenvalue weighted by molar-refractivity contribution is 7.89. The number of nitrogens with one attached hydrogen (secondary N) is 1. The van der Waals surface area contributed by atoms with Crippen molar-refractivity contribution in [2.75, 3.05) is 33.8 Å². The van der Waals surface area contributed by atoms with Crippen molar-refractivity contribution in [2.24, 2.45) is 5.92 Å². The predicted octanol–water partition coefficient (Wildman–Crippen LogP) is 1.26. The summed E-state index contributed by atoms with van der Waals surface area (Å²) >= 11 is 0. The van der Waals surface area contributed by atoms with E-state index in [9.17, 15) is 18.5 Å². The molecule has 0 aromatic heterocycles. The maximum atomic E-state index is 12.6. The Morgan fingerprint density at radius 1 is 1.48 bits per heavy atom. The van der Waals surface area contributed by atoms with Crippen LogP contribution in [0.2, 0.25) is 0 Å². The van der Waals surface area contributed by atoms with Crippen LogP contribution < -0.4 is 10.1 Å². The van der Waals surface area contributed by atoms with Gasteiger partial charge in [0.15, 0.2) is 5.75 Å². The second-order valence-corrected chi connectivity index (χ2v) is 7.10. The molecule has 0 bridgehead atoms. The zero-order chi connectivity index (χ0) is 16.3. The first-order valence-electron chi connectivity index (χ1n) is 6.87. The van der Waals surface area contributed by atoms with Crippen LogP contribution in [0.4, 0.5) is 5.69 Å². The van der Waals surface area contributed by atoms with Crippen LogP contribution in [0.15, 0.2) is 23.1 Å². The number of nitro benzene ring substituents is 1. The molecule has 10 heteroatoms. The summed E-state index contributed by atoms with van der Waals surface area (Å²) in [5.41, 5.74) is -0.352. The molecule has 23 heavy (non-hydrogen) atoms. The maximum absolute atomic E-state index is 12.6. The van der Waals surface area contributed by atoms with Crippen LogP contribution in [0.25, 0.3) is 0 Å². The van der Waals surface area contributed by atoms with Gasteiger partial charge in [-0.15, -0.1) is 12.4 Å². The van der Waals surface area contributed by atoms with Gasteiger partial charge in [0.1, 0.15) is 0 Å². The monoisotopic (exact) mass is 365 g/mol. The molecule has 1 unspecified atom stereocenters. The molecule has 0 radical (unpaired) electrons. The van der Waals surface area contributed by atoms with Gasteiger partial charge in [-0.25, -0.2) is 8.42 Å². The number of halogens is 1. The number of nitrogens with zero attached hydrogens (tertiary/aromatic N) is 2. The van der Waals surface area contributed by atoms with Crippen molar-refractivity contribution in [3.8, 4) is 5.75 Å². The molecule has 1 heterocycles. The normalized spacial score (nSPS) is 18.4. The fourth-order valence-corrected chi connectivity index (χ4v) is 4.14. The first-order valence-corrected chi connectivity index (χ1v) is 8.31. The van der Waals surface area contributed by atoms with Gasteiger partial charge in [0.05, 0.1) is 16.9 Å². The molecule has 1 aromatic carbocycles. The lowest BCUT2D eigenvalue weighted by molar-refractivity contribution is -0.386. The second kappa shape index (κ2) is 7.91. The van der Waals surface area contributed by atoms with Crippen molar-refractivity contribution >= 4 is 28.1 Å². The van der Waals surface area contributed by atoms with Crippen LogP contribution >= 0.6 is 12.4 Å². The van der Waals surface area contributed by atoms with Gasteiger partial charge in [-0.2, -0.15) is 4.31 Å². The molecule has 130 valence electrons. The molecule has 8 nitrogen and oxygen atoms in total. The molecule has 1 aliphatic rings. The van der Waals surface area contributed by atoms with Crippen LogP contribution in [0.1, 0.15) is 6.42 Å². The number of sulfonamides is 1. The van der Waals surface area contributed by atoms with E-state index >= 15 is 0 Å². The van der Waals surface area contributed by atoms with E-state index in [1.165, 1.54) is 23.5 Å². The number of nitro groups is 1. The van der Waals surface area contributed by atoms with Gasteiger partial charge in [0, 0.05) is 19.2 Å². The number of benzene rings is 1. The Hall–Kier alpha value is -1.42. The summed E-state index contributed by atoms with van der Waals surface area (Å²) in [7, 11) is -0.597. The van der Waals surface area contributed by atoms with Crippen molar-refractivity contribution in [1.29, 1.82) is 0 Å². The van der Waals surface area contributed by atoms with E-state index in [-0.39, 0.29) is 34.7 Å². The summed E-state index contributed by atoms with van der Waals surface area (Å²) in [6.07, 6.45) is 0.776. The number of hydrogen-bond donors (Lipinski definition) is 1. The largest absolute Gasteiger partial charge is 0.490 e. The molecule has 1 N–H and O–H groups in total. The van der Waals surface area contributed by atoms with Crippen LogP contribution in [0, 0.1) is 16.0 Å². The molecule has 1 aromatic rings. The molecule has 1 atom stereocenters. The average Bonchev–Trinajstić information content (AvgIpc) is 2.96. The minimum atomic E-state index is -3.73. The zero-order valence-corrected chi connectivity index (χ0v) is 14.5. The minimum absolute atomic E-state index is 0. The topological polar surface area (TPSA) is 102 Å². The molecule has 0 saturated carbocycles. The number of methoxy groups -OCH3 is 1. The fraction of sp³-hybridized carbons (Fsp3) is 0.538. The predicted molar refractivity (Wildman–Crippen MR) is 87.7 cm³/mol. The van der Waals surface area contributed by atoms with Crippen LogP contribution in [0.5, 0.6) is 5.75 Å². The molecule has 1 aliphatic heterocycles. The third-order valence-corrected chi connectivity index (χ3v) is 5.59. The molecule has 1 saturated heterocycles. The van der Waals surface area contributed by atoms with Gasteiger partial charge in [-0.05, 0) is 38.1 Å². The van der Waals surface area contributed by atoms with Gasteiger partial charge >= 0.3 is 5.69 Å². The third kappa shape index (κ3) is 4.11. The van der Waals surface area contributed by atoms with E-state index in [2.05, 4.69) is 5.32 Å². The summed E-state index contributed by atoms with van der Waals surface area (Å²) in [4.78, 5) is 10.3. The van der Waals surface area contributed by atoms with Crippen molar-refractivity contribution in [3.05, 3.63) is 28.3 Å². The van der Waals surface area contributed by atoms with Crippen LogP contribution in [0.3, 0.4) is 0 Å². The van der Waals surface area contributed by atoms with Crippen molar-refractivity contribution in [1.82, 2.24) is 9.62 Å². The van der Waals surface area contributed by atoms with Gasteiger partial charge in [-0.3, -0.25) is 10.1 Å². The Labute approximate surface area is 141 Å². The first-order chi connectivity index (χ1) is 10.4. The molecule has 2 rings (SSSR count). The quantitative estimate of drug-likeness (QED) is 0.601. The van der Waals surface area contributed by atoms with E-state index in [1.54, 1.807) is 0 Å². The van der Waals surface area contributed by atoms with E-state index in [0.717, 1.165) is 19.0 Å². The molecule has 1 fully saturated rings. The van der Waals surface area contributed by atoms with Crippen molar-refractivity contribution in [2.45, 2.75) is 11.3 Å². The Kier molecular flexibility index (Phi) is 6.75. The van der Waals surface area contributed by atoms with Gasteiger partial charge in [0.2, 0.25) is 10.0 Å². The van der Waals surface area contributed by atoms with Crippen molar-refractivity contribution < 1.29 is 18.1 Å². The zero-order valence-electron chi connectivity index (χ0n) is 12.9. The summed E-state index contributed by atoms with van der Waals surface area (Å²) in [5, 5.41) is 14.1. The summed E-state index contributed by atoms with van der Waals surface area (Å²) in [5.74, 6) is 0.298. The van der Waals surface area contributed by atoms with E-state index < -0.39 is 14.9 Å². The molecular formula is C13H20ClN3O5S. The highest BCUT2D eigenvalue weighted by Crippen LogP contribution is 2.32. The molecule has 0 aliphatic carbocycles. The van der Waals surface area contributed by atoms with Crippen molar-refractivity contribution in [3.63, 3.8) is 0 Å². The Bertz CT molecular complexity index is 668. The lowest BCUT2D eigenvalue weighted by Crippen LogP contribution is -2.30. The summed E-state index contributed by atoms with van der Waals surface area (Å²) < 4.78 is 31.5. The second-order valence-electron chi connectivity index (χ2n) is 5.17. The molecule has 0 spiro atoms. The van der Waals surface area contributed by atoms with E-state index in [4.69, 9.17) is 4.74 Å². The van der Waals surface area contributed by atoms with Gasteiger partial charge in [-0.1, -0.05) is 0 Å². The number of rotatable bonds is 6. The smallest absolute Gasteiger partial charge is 0.312 e. The standard InChI is InChI=1S/C13H19N3O5S.ClH/c1-14-8-10-5-6-15(9-10)22(19,20)11-3-4-13(21-2)12(7-11)16(17)18;/h3-4,7,10,14H,5-6,8-9H2,1-2H3;1H. The number of ether oxygens (including phenoxy) is 1. The van der Waals surface area contributed by atoms with E-state index in [0.29, 0.717) is 13.1 Å². The van der Waals surface area contributed by atoms with Gasteiger partial charge in [0.25, 0.3) is 0 Å². The fourth-order valence-electron chi connectivity index (χ4n) is 2.59. The Morgan fingerprint density at radius 3 is 2.74 bits per heavy atom. The summed E-state index contributed by atoms with van der Waals surface area (Å²) in [6.45, 7) is 1.59. The highest BCUT2D eigenvalue weighted by Gasteiger charge is 2.33. The van der Waals surface area contributed by atoms with Crippen LogP contribution in [-0.4, -0.2) is 51.4 Å². The lowest BCUT2D eigenvalue weighted by atomic mass is 10.1. The Balaban J connectivity index is 0.00000264. The van der Waals surface area contributed by atoms with Crippen LogP contribution in [-0.2, 0) is 10.0 Å². The maximum Gasteiger partial charge on any atom is 0.312 e. The number of hydrogen-bond acceptors (Lipinski definition) is 6. The minimum Gasteiger partial charge on any atom is -0.490 e. The highest BCUT2D eigenvalue weighted by atomic mass is 35.5. The lowest BCUT2D eigenvalue weighted by Gasteiger charge is -2.17. The average molecular weight is 366 g/mol. The molecule has 0 amide bonds. The first kappa shape index (κ1) is 19.6. The third-order valence-electron chi connectivity index (χ3n) is 3.73. The summed E-state index contributed by atoms with van der Waals surface area (Å²) in [6, 6.07) is 3.71. The van der Waals surface area contributed by atoms with Gasteiger partial charge < -0.3 is 10.1 Å².